The smallest absolute Gasteiger partial charge is 0.164 e. The van der Waals surface area contributed by atoms with E-state index in [0.717, 1.165) is 23.7 Å². The standard InChI is InChI=1S/C16H23N3O2/c1-12(2)9-19-15(17-11-18-19)10-21-14-7-5-13(6-8-14)16(3,4)20/h5-8,11-12,20H,9-10H2,1-4H3. The van der Waals surface area contributed by atoms with E-state index in [1.54, 1.807) is 20.2 Å². The van der Waals surface area contributed by atoms with Crippen LogP contribution < -0.4 is 4.74 Å². The van der Waals surface area contributed by atoms with Crippen molar-refractivity contribution in [2.24, 2.45) is 5.92 Å². The monoisotopic (exact) mass is 289 g/mol. The number of aliphatic hydroxyl groups is 1. The maximum absolute atomic E-state index is 9.92. The number of rotatable bonds is 6. The summed E-state index contributed by atoms with van der Waals surface area (Å²) in [6.07, 6.45) is 1.55. The van der Waals surface area contributed by atoms with Gasteiger partial charge >= 0.3 is 0 Å². The molecule has 1 aromatic heterocycles. The van der Waals surface area contributed by atoms with Crippen molar-refractivity contribution in [3.05, 3.63) is 42.0 Å². The Balaban J connectivity index is 1.99. The molecule has 5 heteroatoms. The Morgan fingerprint density at radius 1 is 1.24 bits per heavy atom. The van der Waals surface area contributed by atoms with Gasteiger partial charge in [-0.2, -0.15) is 5.10 Å². The second kappa shape index (κ2) is 6.26. The van der Waals surface area contributed by atoms with E-state index in [2.05, 4.69) is 23.9 Å². The summed E-state index contributed by atoms with van der Waals surface area (Å²) in [6, 6.07) is 7.45. The van der Waals surface area contributed by atoms with E-state index in [9.17, 15) is 5.11 Å². The third-order valence-corrected chi connectivity index (χ3v) is 3.16. The van der Waals surface area contributed by atoms with Crippen LogP contribution in [0.1, 0.15) is 39.1 Å². The molecule has 1 heterocycles. The van der Waals surface area contributed by atoms with Gasteiger partial charge in [0, 0.05) is 6.54 Å². The second-order valence-corrected chi connectivity index (χ2v) is 6.12. The van der Waals surface area contributed by atoms with Gasteiger partial charge in [-0.05, 0) is 37.5 Å². The Bertz CT molecular complexity index is 568. The fraction of sp³-hybridized carbons (Fsp3) is 0.500. The molecule has 0 saturated heterocycles. The van der Waals surface area contributed by atoms with Crippen LogP contribution in [0.25, 0.3) is 0 Å². The minimum absolute atomic E-state index is 0.384. The van der Waals surface area contributed by atoms with Gasteiger partial charge in [0.25, 0.3) is 0 Å². The van der Waals surface area contributed by atoms with Crippen LogP contribution in [0.3, 0.4) is 0 Å². The van der Waals surface area contributed by atoms with E-state index >= 15 is 0 Å². The number of hydrogen-bond acceptors (Lipinski definition) is 4. The predicted molar refractivity (Wildman–Crippen MR) is 80.9 cm³/mol. The van der Waals surface area contributed by atoms with Crippen molar-refractivity contribution < 1.29 is 9.84 Å². The van der Waals surface area contributed by atoms with Crippen LogP contribution in [-0.2, 0) is 18.8 Å². The SMILES string of the molecule is CC(C)Cn1ncnc1COc1ccc(C(C)(C)O)cc1. The molecule has 0 aliphatic heterocycles. The maximum atomic E-state index is 9.92. The van der Waals surface area contributed by atoms with Gasteiger partial charge in [0.1, 0.15) is 18.7 Å². The molecule has 0 saturated carbocycles. The molecule has 2 aromatic rings. The zero-order chi connectivity index (χ0) is 15.5. The minimum atomic E-state index is -0.837. The molecular weight excluding hydrogens is 266 g/mol. The van der Waals surface area contributed by atoms with Gasteiger partial charge in [-0.25, -0.2) is 9.67 Å². The summed E-state index contributed by atoms with van der Waals surface area (Å²) in [6.45, 7) is 9.02. The maximum Gasteiger partial charge on any atom is 0.164 e. The van der Waals surface area contributed by atoms with E-state index in [-0.39, 0.29) is 0 Å². The van der Waals surface area contributed by atoms with Gasteiger partial charge in [0.05, 0.1) is 5.60 Å². The Morgan fingerprint density at radius 2 is 1.90 bits per heavy atom. The third-order valence-electron chi connectivity index (χ3n) is 3.16. The van der Waals surface area contributed by atoms with Gasteiger partial charge in [-0.1, -0.05) is 26.0 Å². The number of ether oxygens (including phenoxy) is 1. The summed E-state index contributed by atoms with van der Waals surface area (Å²) in [5, 5.41) is 14.1. The summed E-state index contributed by atoms with van der Waals surface area (Å²) >= 11 is 0. The van der Waals surface area contributed by atoms with Crippen LogP contribution in [0.15, 0.2) is 30.6 Å². The predicted octanol–water partition coefficient (Wildman–Crippen LogP) is 2.74. The van der Waals surface area contributed by atoms with Crippen molar-refractivity contribution >= 4 is 0 Å². The lowest BCUT2D eigenvalue weighted by Crippen LogP contribution is -2.15. The highest BCUT2D eigenvalue weighted by Gasteiger charge is 2.15. The van der Waals surface area contributed by atoms with Crippen molar-refractivity contribution in [3.63, 3.8) is 0 Å². The first-order valence-electron chi connectivity index (χ1n) is 7.18. The van der Waals surface area contributed by atoms with Crippen molar-refractivity contribution in [2.45, 2.75) is 46.4 Å². The van der Waals surface area contributed by atoms with Crippen molar-refractivity contribution in [1.29, 1.82) is 0 Å². The Hall–Kier alpha value is -1.88. The molecule has 0 unspecified atom stereocenters. The molecule has 1 N–H and O–H groups in total. The van der Waals surface area contributed by atoms with Crippen LogP contribution in [0.4, 0.5) is 0 Å². The summed E-state index contributed by atoms with van der Waals surface area (Å²) < 4.78 is 7.61. The van der Waals surface area contributed by atoms with Gasteiger partial charge in [0.15, 0.2) is 5.82 Å². The topological polar surface area (TPSA) is 60.2 Å². The van der Waals surface area contributed by atoms with Crippen LogP contribution in [0, 0.1) is 5.92 Å². The van der Waals surface area contributed by atoms with Crippen molar-refractivity contribution in [2.75, 3.05) is 0 Å². The summed E-state index contributed by atoms with van der Waals surface area (Å²) in [5.74, 6) is 2.08. The first-order chi connectivity index (χ1) is 9.86. The largest absolute Gasteiger partial charge is 0.486 e. The molecule has 1 aromatic carbocycles. The lowest BCUT2D eigenvalue weighted by Gasteiger charge is -2.18. The van der Waals surface area contributed by atoms with E-state index in [4.69, 9.17) is 4.74 Å². The molecular formula is C16H23N3O2. The molecule has 0 amide bonds. The van der Waals surface area contributed by atoms with Crippen LogP contribution in [0.5, 0.6) is 5.75 Å². The van der Waals surface area contributed by atoms with E-state index in [1.807, 2.05) is 28.9 Å². The summed E-state index contributed by atoms with van der Waals surface area (Å²) in [7, 11) is 0. The Morgan fingerprint density at radius 3 is 2.48 bits per heavy atom. The molecule has 0 aliphatic carbocycles. The average Bonchev–Trinajstić information content (AvgIpc) is 2.82. The second-order valence-electron chi connectivity index (χ2n) is 6.12. The number of benzene rings is 1. The molecule has 0 bridgehead atoms. The van der Waals surface area contributed by atoms with Gasteiger partial charge in [-0.15, -0.1) is 0 Å². The summed E-state index contributed by atoms with van der Waals surface area (Å²) in [4.78, 5) is 4.23. The van der Waals surface area contributed by atoms with Crippen molar-refractivity contribution in [1.82, 2.24) is 14.8 Å². The zero-order valence-corrected chi connectivity index (χ0v) is 13.1. The number of hydrogen-bond donors (Lipinski definition) is 1. The number of nitrogens with zero attached hydrogens (tertiary/aromatic N) is 3. The van der Waals surface area contributed by atoms with Gasteiger partial charge < -0.3 is 9.84 Å². The van der Waals surface area contributed by atoms with E-state index in [1.165, 1.54) is 0 Å². The van der Waals surface area contributed by atoms with E-state index in [0.29, 0.717) is 12.5 Å². The first kappa shape index (κ1) is 15.5. The zero-order valence-electron chi connectivity index (χ0n) is 13.1. The molecule has 5 nitrogen and oxygen atoms in total. The third kappa shape index (κ3) is 4.29. The molecule has 0 atom stereocenters. The van der Waals surface area contributed by atoms with Gasteiger partial charge in [-0.3, -0.25) is 0 Å². The normalized spacial score (nSPS) is 11.9. The molecule has 21 heavy (non-hydrogen) atoms. The Kier molecular flexibility index (Phi) is 4.63. The molecule has 0 fully saturated rings. The summed E-state index contributed by atoms with van der Waals surface area (Å²) in [5.41, 5.74) is 0.0218. The lowest BCUT2D eigenvalue weighted by molar-refractivity contribution is 0.0785. The quantitative estimate of drug-likeness (QED) is 0.888. The first-order valence-corrected chi connectivity index (χ1v) is 7.18. The van der Waals surface area contributed by atoms with Crippen LogP contribution >= 0.6 is 0 Å². The van der Waals surface area contributed by atoms with Crippen molar-refractivity contribution in [3.8, 4) is 5.75 Å². The van der Waals surface area contributed by atoms with E-state index < -0.39 is 5.60 Å². The minimum Gasteiger partial charge on any atom is -0.486 e. The molecule has 2 rings (SSSR count). The van der Waals surface area contributed by atoms with Crippen LogP contribution in [0.2, 0.25) is 0 Å². The lowest BCUT2D eigenvalue weighted by atomic mass is 9.99. The molecule has 114 valence electrons. The highest BCUT2D eigenvalue weighted by Crippen LogP contribution is 2.22. The molecule has 0 aliphatic rings. The fourth-order valence-electron chi connectivity index (χ4n) is 2.01. The highest BCUT2D eigenvalue weighted by atomic mass is 16.5. The fourth-order valence-corrected chi connectivity index (χ4v) is 2.01. The average molecular weight is 289 g/mol. The molecule has 0 spiro atoms. The number of aromatic nitrogens is 3. The van der Waals surface area contributed by atoms with Crippen LogP contribution in [-0.4, -0.2) is 19.9 Å². The highest BCUT2D eigenvalue weighted by molar-refractivity contribution is 5.30. The Labute approximate surface area is 125 Å². The van der Waals surface area contributed by atoms with Gasteiger partial charge in [0.2, 0.25) is 0 Å². The molecule has 0 radical (unpaired) electrons.